The minimum absolute atomic E-state index is 0.0707. The smallest absolute Gasteiger partial charge is 0.138 e. The largest absolute Gasteiger partial charge is 0.497 e. The highest BCUT2D eigenvalue weighted by molar-refractivity contribution is 5.90. The first-order chi connectivity index (χ1) is 10.0. The lowest BCUT2D eigenvalue weighted by atomic mass is 10.0. The molecule has 2 aromatic carbocycles. The first-order valence-electron chi connectivity index (χ1n) is 6.27. The third-order valence-electron chi connectivity index (χ3n) is 3.03. The molecule has 0 saturated carbocycles. The van der Waals surface area contributed by atoms with E-state index in [9.17, 15) is 14.0 Å². The van der Waals surface area contributed by atoms with Crippen molar-refractivity contribution in [2.45, 2.75) is 6.92 Å². The van der Waals surface area contributed by atoms with Gasteiger partial charge in [-0.15, -0.1) is 0 Å². The normalized spacial score (nSPS) is 11.1. The average Bonchev–Trinajstić information content (AvgIpc) is 2.47. The molecule has 0 radical (unpaired) electrons. The van der Waals surface area contributed by atoms with Gasteiger partial charge in [0, 0.05) is 12.1 Å². The maximum atomic E-state index is 14.0. The summed E-state index contributed by atoms with van der Waals surface area (Å²) >= 11 is 0. The van der Waals surface area contributed by atoms with Gasteiger partial charge in [0.2, 0.25) is 0 Å². The van der Waals surface area contributed by atoms with E-state index in [-0.39, 0.29) is 16.9 Å². The molecule has 2 aromatic rings. The molecule has 2 nitrogen and oxygen atoms in total. The Hall–Kier alpha value is -2.67. The molecule has 0 fully saturated rings. The van der Waals surface area contributed by atoms with E-state index < -0.39 is 11.6 Å². The van der Waals surface area contributed by atoms with Crippen molar-refractivity contribution in [3.05, 3.63) is 64.7 Å². The second-order valence-electron chi connectivity index (χ2n) is 4.55. The predicted octanol–water partition coefficient (Wildman–Crippen LogP) is 4.35. The summed E-state index contributed by atoms with van der Waals surface area (Å²) in [4.78, 5) is 0. The van der Waals surface area contributed by atoms with E-state index in [0.29, 0.717) is 5.56 Å². The summed E-state index contributed by atoms with van der Waals surface area (Å²) in [6, 6.07) is 11.2. The summed E-state index contributed by atoms with van der Waals surface area (Å²) in [5, 5.41) is 9.19. The zero-order valence-electron chi connectivity index (χ0n) is 11.7. The molecular formula is C17H13F2NO. The summed E-state index contributed by atoms with van der Waals surface area (Å²) in [5.74, 6) is -1.58. The molecule has 0 atom stereocenters. The van der Waals surface area contributed by atoms with Gasteiger partial charge >= 0.3 is 0 Å². The van der Waals surface area contributed by atoms with Gasteiger partial charge in [-0.2, -0.15) is 5.26 Å². The van der Waals surface area contributed by atoms with Crippen LogP contribution in [0.3, 0.4) is 0 Å². The minimum atomic E-state index is -0.827. The van der Waals surface area contributed by atoms with Gasteiger partial charge in [-0.1, -0.05) is 29.8 Å². The van der Waals surface area contributed by atoms with Crippen molar-refractivity contribution in [2.75, 3.05) is 7.11 Å². The molecule has 0 spiro atoms. The molecule has 0 N–H and O–H groups in total. The van der Waals surface area contributed by atoms with Crippen molar-refractivity contribution in [3.8, 4) is 11.8 Å². The van der Waals surface area contributed by atoms with Gasteiger partial charge in [0.05, 0.1) is 24.3 Å². The number of nitrogens with zero attached hydrogens (tertiary/aromatic N) is 1. The molecule has 0 aromatic heterocycles. The number of ether oxygens (including phenoxy) is 1. The zero-order chi connectivity index (χ0) is 15.4. The number of aryl methyl sites for hydroxylation is 1. The van der Waals surface area contributed by atoms with Crippen LogP contribution >= 0.6 is 0 Å². The third-order valence-corrected chi connectivity index (χ3v) is 3.03. The molecule has 0 aliphatic rings. The van der Waals surface area contributed by atoms with E-state index >= 15 is 0 Å². The molecule has 2 rings (SSSR count). The quantitative estimate of drug-likeness (QED) is 0.620. The van der Waals surface area contributed by atoms with Crippen molar-refractivity contribution in [1.82, 2.24) is 0 Å². The molecule has 4 heteroatoms. The third kappa shape index (κ3) is 3.26. The molecular weight excluding hydrogens is 272 g/mol. The highest BCUT2D eigenvalue weighted by Crippen LogP contribution is 2.27. The van der Waals surface area contributed by atoms with Crippen LogP contribution in [0.1, 0.15) is 16.7 Å². The van der Waals surface area contributed by atoms with Gasteiger partial charge in [0.15, 0.2) is 0 Å². The lowest BCUT2D eigenvalue weighted by Gasteiger charge is -2.07. The Labute approximate surface area is 121 Å². The molecule has 0 amide bonds. The summed E-state index contributed by atoms with van der Waals surface area (Å²) in [7, 11) is 1.32. The highest BCUT2D eigenvalue weighted by Gasteiger charge is 2.16. The SMILES string of the molecule is COc1cc(F)c(/C(C#N)=C/c2ccc(C)cc2)c(F)c1. The Morgan fingerprint density at radius 3 is 2.19 bits per heavy atom. The molecule has 0 aliphatic carbocycles. The number of hydrogen-bond donors (Lipinski definition) is 0. The molecule has 0 aliphatic heterocycles. The number of benzene rings is 2. The Morgan fingerprint density at radius 2 is 1.71 bits per heavy atom. The number of hydrogen-bond acceptors (Lipinski definition) is 2. The lowest BCUT2D eigenvalue weighted by Crippen LogP contribution is -1.96. The fourth-order valence-corrected chi connectivity index (χ4v) is 1.91. The number of rotatable bonds is 3. The first kappa shape index (κ1) is 14.7. The molecule has 0 bridgehead atoms. The van der Waals surface area contributed by atoms with Gasteiger partial charge in [-0.25, -0.2) is 8.78 Å². The Kier molecular flexibility index (Phi) is 4.34. The molecule has 0 heterocycles. The second-order valence-corrected chi connectivity index (χ2v) is 4.55. The highest BCUT2D eigenvalue weighted by atomic mass is 19.1. The summed E-state index contributed by atoms with van der Waals surface area (Å²) in [6.07, 6.45) is 1.45. The Bertz CT molecular complexity index is 704. The van der Waals surface area contributed by atoms with Crippen LogP contribution in [0.4, 0.5) is 8.78 Å². The van der Waals surface area contributed by atoms with E-state index in [2.05, 4.69) is 0 Å². The van der Waals surface area contributed by atoms with E-state index in [4.69, 9.17) is 4.74 Å². The van der Waals surface area contributed by atoms with Crippen LogP contribution in [0.15, 0.2) is 36.4 Å². The fraction of sp³-hybridized carbons (Fsp3) is 0.118. The van der Waals surface area contributed by atoms with Crippen LogP contribution in [-0.4, -0.2) is 7.11 Å². The molecule has 0 saturated heterocycles. The van der Waals surface area contributed by atoms with Gasteiger partial charge in [-0.3, -0.25) is 0 Å². The van der Waals surface area contributed by atoms with E-state index in [0.717, 1.165) is 17.7 Å². The summed E-state index contributed by atoms with van der Waals surface area (Å²) < 4.78 is 32.8. The summed E-state index contributed by atoms with van der Waals surface area (Å²) in [5.41, 5.74) is 1.34. The van der Waals surface area contributed by atoms with Crippen molar-refractivity contribution in [3.63, 3.8) is 0 Å². The standard InChI is InChI=1S/C17H13F2NO/c1-11-3-5-12(6-4-11)7-13(10-20)17-15(18)8-14(21-2)9-16(17)19/h3-9H,1-2H3/b13-7+. The number of halogens is 2. The number of nitriles is 1. The van der Waals surface area contributed by atoms with Crippen LogP contribution in [0.2, 0.25) is 0 Å². The van der Waals surface area contributed by atoms with Crippen LogP contribution in [0.25, 0.3) is 11.6 Å². The lowest BCUT2D eigenvalue weighted by molar-refractivity contribution is 0.406. The van der Waals surface area contributed by atoms with Crippen LogP contribution < -0.4 is 4.74 Å². The molecule has 106 valence electrons. The number of allylic oxidation sites excluding steroid dienone is 1. The molecule has 21 heavy (non-hydrogen) atoms. The first-order valence-corrected chi connectivity index (χ1v) is 6.27. The number of methoxy groups -OCH3 is 1. The van der Waals surface area contributed by atoms with Gasteiger partial charge in [0.1, 0.15) is 17.4 Å². The van der Waals surface area contributed by atoms with E-state index in [1.807, 2.05) is 25.1 Å². The molecule has 0 unspecified atom stereocenters. The van der Waals surface area contributed by atoms with E-state index in [1.54, 1.807) is 12.1 Å². The van der Waals surface area contributed by atoms with Crippen molar-refractivity contribution < 1.29 is 13.5 Å². The fourth-order valence-electron chi connectivity index (χ4n) is 1.91. The summed E-state index contributed by atoms with van der Waals surface area (Å²) in [6.45, 7) is 1.93. The van der Waals surface area contributed by atoms with Crippen molar-refractivity contribution >= 4 is 11.6 Å². The predicted molar refractivity (Wildman–Crippen MR) is 77.6 cm³/mol. The van der Waals surface area contributed by atoms with E-state index in [1.165, 1.54) is 13.2 Å². The van der Waals surface area contributed by atoms with Crippen molar-refractivity contribution in [1.29, 1.82) is 5.26 Å². The maximum Gasteiger partial charge on any atom is 0.138 e. The van der Waals surface area contributed by atoms with Gasteiger partial charge in [0.25, 0.3) is 0 Å². The average molecular weight is 285 g/mol. The van der Waals surface area contributed by atoms with Gasteiger partial charge in [-0.05, 0) is 18.6 Å². The Morgan fingerprint density at radius 1 is 1.14 bits per heavy atom. The minimum Gasteiger partial charge on any atom is -0.497 e. The maximum absolute atomic E-state index is 14.0. The topological polar surface area (TPSA) is 33.0 Å². The van der Waals surface area contributed by atoms with Crippen molar-refractivity contribution in [2.24, 2.45) is 0 Å². The van der Waals surface area contributed by atoms with Crippen LogP contribution in [0.5, 0.6) is 5.75 Å². The second kappa shape index (κ2) is 6.19. The zero-order valence-corrected chi connectivity index (χ0v) is 11.7. The van der Waals surface area contributed by atoms with Crippen LogP contribution in [-0.2, 0) is 0 Å². The van der Waals surface area contributed by atoms with Gasteiger partial charge < -0.3 is 4.74 Å². The van der Waals surface area contributed by atoms with Crippen LogP contribution in [0, 0.1) is 29.9 Å². The monoisotopic (exact) mass is 285 g/mol. The Balaban J connectivity index is 2.52.